The summed E-state index contributed by atoms with van der Waals surface area (Å²) in [6, 6.07) is 0.822. The third-order valence-corrected chi connectivity index (χ3v) is 5.62. The first kappa shape index (κ1) is 11.7. The van der Waals surface area contributed by atoms with Gasteiger partial charge in [-0.25, -0.2) is 0 Å². The molecule has 2 fully saturated rings. The van der Waals surface area contributed by atoms with Crippen LogP contribution in [0.25, 0.3) is 0 Å². The number of rotatable bonds is 3. The van der Waals surface area contributed by atoms with E-state index in [0.29, 0.717) is 5.41 Å². The zero-order chi connectivity index (χ0) is 11.1. The Kier molecular flexibility index (Phi) is 3.08. The maximum Gasteiger partial charge on any atom is 0.0427 e. The van der Waals surface area contributed by atoms with Crippen molar-refractivity contribution in [3.8, 4) is 0 Å². The van der Waals surface area contributed by atoms with E-state index in [-0.39, 0.29) is 5.54 Å². The number of likely N-dealkylation sites (N-methyl/N-ethyl adjacent to an activating group) is 1. The molecule has 3 heteroatoms. The highest BCUT2D eigenvalue weighted by atomic mass is 32.2. The molecule has 1 unspecified atom stereocenters. The van der Waals surface area contributed by atoms with Gasteiger partial charge in [-0.05, 0) is 37.5 Å². The zero-order valence-corrected chi connectivity index (χ0v) is 11.1. The van der Waals surface area contributed by atoms with Crippen LogP contribution in [-0.4, -0.2) is 41.6 Å². The van der Waals surface area contributed by atoms with Crippen molar-refractivity contribution in [2.75, 3.05) is 25.1 Å². The fraction of sp³-hybridized carbons (Fsp3) is 1.00. The van der Waals surface area contributed by atoms with E-state index in [1.807, 2.05) is 0 Å². The Labute approximate surface area is 98.0 Å². The van der Waals surface area contributed by atoms with Crippen molar-refractivity contribution >= 4 is 11.8 Å². The summed E-state index contributed by atoms with van der Waals surface area (Å²) in [5.41, 5.74) is 6.79. The molecule has 1 saturated heterocycles. The summed E-state index contributed by atoms with van der Waals surface area (Å²) in [7, 11) is 2.28. The maximum absolute atomic E-state index is 6.07. The quantitative estimate of drug-likeness (QED) is 0.800. The fourth-order valence-corrected chi connectivity index (χ4v) is 4.42. The first-order chi connectivity index (χ1) is 6.99. The van der Waals surface area contributed by atoms with Crippen LogP contribution >= 0.6 is 11.8 Å². The molecule has 2 N–H and O–H groups in total. The van der Waals surface area contributed by atoms with Crippen LogP contribution in [0.5, 0.6) is 0 Å². The van der Waals surface area contributed by atoms with Gasteiger partial charge in [-0.3, -0.25) is 4.90 Å². The van der Waals surface area contributed by atoms with Gasteiger partial charge >= 0.3 is 0 Å². The Morgan fingerprint density at radius 3 is 2.47 bits per heavy atom. The molecule has 0 radical (unpaired) electrons. The number of hydrogen-bond donors (Lipinski definition) is 1. The summed E-state index contributed by atoms with van der Waals surface area (Å²) in [6.45, 7) is 5.57. The van der Waals surface area contributed by atoms with E-state index in [4.69, 9.17) is 5.73 Å². The van der Waals surface area contributed by atoms with Gasteiger partial charge in [-0.15, -0.1) is 0 Å². The molecular formula is C12H24N2S. The van der Waals surface area contributed by atoms with E-state index in [9.17, 15) is 0 Å². The number of hydrogen-bond acceptors (Lipinski definition) is 3. The second kappa shape index (κ2) is 3.94. The van der Waals surface area contributed by atoms with Crippen molar-refractivity contribution in [2.45, 2.75) is 44.7 Å². The Bertz CT molecular complexity index is 238. The molecule has 0 aromatic carbocycles. The van der Waals surface area contributed by atoms with E-state index >= 15 is 0 Å². The SMILES string of the molecule is CN(C1CC1)C1(CN)CSCC(C)(C)C1. The Morgan fingerprint density at radius 1 is 1.33 bits per heavy atom. The molecule has 2 rings (SSSR count). The van der Waals surface area contributed by atoms with Crippen molar-refractivity contribution in [3.05, 3.63) is 0 Å². The minimum atomic E-state index is 0.271. The molecule has 1 heterocycles. The predicted molar refractivity (Wildman–Crippen MR) is 68.3 cm³/mol. The van der Waals surface area contributed by atoms with Crippen LogP contribution in [0.3, 0.4) is 0 Å². The molecule has 0 spiro atoms. The molecule has 1 aliphatic heterocycles. The summed E-state index contributed by atoms with van der Waals surface area (Å²) in [5, 5.41) is 0. The zero-order valence-electron chi connectivity index (χ0n) is 10.3. The molecular weight excluding hydrogens is 204 g/mol. The Morgan fingerprint density at radius 2 is 2.00 bits per heavy atom. The summed E-state index contributed by atoms with van der Waals surface area (Å²) in [6.07, 6.45) is 4.02. The molecule has 1 aliphatic carbocycles. The van der Waals surface area contributed by atoms with Crippen LogP contribution in [-0.2, 0) is 0 Å². The van der Waals surface area contributed by atoms with Crippen LogP contribution in [0.15, 0.2) is 0 Å². The lowest BCUT2D eigenvalue weighted by Gasteiger charge is -2.49. The minimum absolute atomic E-state index is 0.271. The van der Waals surface area contributed by atoms with Crippen molar-refractivity contribution in [1.82, 2.24) is 4.90 Å². The van der Waals surface area contributed by atoms with Gasteiger partial charge in [0.05, 0.1) is 0 Å². The van der Waals surface area contributed by atoms with E-state index in [1.54, 1.807) is 0 Å². The third-order valence-electron chi connectivity index (χ3n) is 3.89. The smallest absolute Gasteiger partial charge is 0.0427 e. The monoisotopic (exact) mass is 228 g/mol. The Balaban J connectivity index is 2.12. The van der Waals surface area contributed by atoms with Gasteiger partial charge in [0.25, 0.3) is 0 Å². The number of nitrogens with two attached hydrogens (primary N) is 1. The molecule has 2 aliphatic rings. The van der Waals surface area contributed by atoms with E-state index in [1.165, 1.54) is 30.8 Å². The van der Waals surface area contributed by atoms with Crippen LogP contribution in [0.2, 0.25) is 0 Å². The number of thioether (sulfide) groups is 1. The van der Waals surface area contributed by atoms with E-state index in [2.05, 4.69) is 37.6 Å². The molecule has 1 atom stereocenters. The van der Waals surface area contributed by atoms with Crippen molar-refractivity contribution in [3.63, 3.8) is 0 Å². The first-order valence-corrected chi connectivity index (χ1v) is 7.15. The normalized spacial score (nSPS) is 35.8. The second-order valence-electron chi connectivity index (χ2n) is 6.10. The topological polar surface area (TPSA) is 29.3 Å². The molecule has 0 aromatic rings. The van der Waals surface area contributed by atoms with Gasteiger partial charge in [0.2, 0.25) is 0 Å². The standard InChI is InChI=1S/C12H24N2S/c1-11(2)6-12(7-13,9-15-8-11)14(3)10-4-5-10/h10H,4-9,13H2,1-3H3. The summed E-state index contributed by atoms with van der Waals surface area (Å²) in [4.78, 5) is 2.58. The highest BCUT2D eigenvalue weighted by Crippen LogP contribution is 2.44. The van der Waals surface area contributed by atoms with Crippen molar-refractivity contribution in [2.24, 2.45) is 11.1 Å². The van der Waals surface area contributed by atoms with Gasteiger partial charge in [0.15, 0.2) is 0 Å². The van der Waals surface area contributed by atoms with Gasteiger partial charge < -0.3 is 5.73 Å². The average molecular weight is 228 g/mol. The summed E-state index contributed by atoms with van der Waals surface area (Å²) >= 11 is 2.09. The number of nitrogens with zero attached hydrogens (tertiary/aromatic N) is 1. The molecule has 0 amide bonds. The van der Waals surface area contributed by atoms with Gasteiger partial charge in [0, 0.05) is 23.9 Å². The van der Waals surface area contributed by atoms with Crippen LogP contribution in [0.4, 0.5) is 0 Å². The lowest BCUT2D eigenvalue weighted by molar-refractivity contribution is 0.0866. The summed E-state index contributed by atoms with van der Waals surface area (Å²) in [5.74, 6) is 2.51. The lowest BCUT2D eigenvalue weighted by atomic mass is 9.79. The molecule has 1 saturated carbocycles. The molecule has 0 bridgehead atoms. The van der Waals surface area contributed by atoms with Crippen LogP contribution in [0, 0.1) is 5.41 Å². The highest BCUT2D eigenvalue weighted by molar-refractivity contribution is 7.99. The van der Waals surface area contributed by atoms with Gasteiger partial charge in [-0.2, -0.15) is 11.8 Å². The average Bonchev–Trinajstić information content (AvgIpc) is 2.98. The van der Waals surface area contributed by atoms with Crippen molar-refractivity contribution < 1.29 is 0 Å². The maximum atomic E-state index is 6.07. The van der Waals surface area contributed by atoms with Crippen molar-refractivity contribution in [1.29, 1.82) is 0 Å². The molecule has 0 aromatic heterocycles. The van der Waals surface area contributed by atoms with Crippen LogP contribution < -0.4 is 5.73 Å². The molecule has 88 valence electrons. The molecule has 2 nitrogen and oxygen atoms in total. The largest absolute Gasteiger partial charge is 0.329 e. The van der Waals surface area contributed by atoms with Crippen LogP contribution in [0.1, 0.15) is 33.1 Å². The third kappa shape index (κ3) is 2.34. The predicted octanol–water partition coefficient (Wildman–Crippen LogP) is 1.94. The first-order valence-electron chi connectivity index (χ1n) is 6.00. The second-order valence-corrected chi connectivity index (χ2v) is 7.09. The minimum Gasteiger partial charge on any atom is -0.329 e. The Hall–Kier alpha value is 0.270. The molecule has 15 heavy (non-hydrogen) atoms. The summed E-state index contributed by atoms with van der Waals surface area (Å²) < 4.78 is 0. The van der Waals surface area contributed by atoms with Gasteiger partial charge in [-0.1, -0.05) is 13.8 Å². The highest BCUT2D eigenvalue weighted by Gasteiger charge is 2.46. The van der Waals surface area contributed by atoms with Gasteiger partial charge in [0.1, 0.15) is 0 Å². The fourth-order valence-electron chi connectivity index (χ4n) is 2.86. The van der Waals surface area contributed by atoms with E-state index in [0.717, 1.165) is 12.6 Å². The lowest BCUT2D eigenvalue weighted by Crippen LogP contribution is -2.59. The van der Waals surface area contributed by atoms with E-state index < -0.39 is 0 Å².